The normalized spacial score (nSPS) is 17.3. The predicted octanol–water partition coefficient (Wildman–Crippen LogP) is 3.72. The maximum Gasteiger partial charge on any atom is 0.296 e. The quantitative estimate of drug-likeness (QED) is 0.196. The number of nitro groups is 2. The topological polar surface area (TPSA) is 157 Å². The first kappa shape index (κ1) is 21.4. The zero-order valence-corrected chi connectivity index (χ0v) is 16.8. The number of furan rings is 1. The summed E-state index contributed by atoms with van der Waals surface area (Å²) in [7, 11) is 0. The molecule has 1 fully saturated rings. The number of Topliss-reactive ketones (excluding diaryl/α,β-unsaturated/α-hetero) is 1. The second-order valence-electron chi connectivity index (χ2n) is 7.17. The van der Waals surface area contributed by atoms with Crippen LogP contribution >= 0.6 is 0 Å². The van der Waals surface area contributed by atoms with E-state index in [0.717, 1.165) is 11.0 Å². The fourth-order valence-corrected chi connectivity index (χ4v) is 3.69. The summed E-state index contributed by atoms with van der Waals surface area (Å²) in [5.41, 5.74) is -0.771. The van der Waals surface area contributed by atoms with E-state index in [0.29, 0.717) is 5.76 Å². The van der Waals surface area contributed by atoms with Crippen LogP contribution in [-0.2, 0) is 16.1 Å². The van der Waals surface area contributed by atoms with Gasteiger partial charge in [0.05, 0.1) is 34.3 Å². The number of likely N-dealkylation sites (tertiary alicyclic amines) is 1. The second-order valence-corrected chi connectivity index (χ2v) is 7.17. The molecule has 1 amide bonds. The minimum atomic E-state index is -1.19. The van der Waals surface area contributed by atoms with E-state index >= 15 is 0 Å². The minimum Gasteiger partial charge on any atom is -0.507 e. The first-order valence-corrected chi connectivity index (χ1v) is 9.58. The van der Waals surface area contributed by atoms with Gasteiger partial charge in [0.15, 0.2) is 0 Å². The fraction of sp³-hybridized carbons (Fsp3) is 0.0909. The highest BCUT2D eigenvalue weighted by Crippen LogP contribution is 2.41. The number of aliphatic hydroxyl groups is 1. The van der Waals surface area contributed by atoms with Crippen molar-refractivity contribution in [1.29, 1.82) is 0 Å². The van der Waals surface area contributed by atoms with Gasteiger partial charge in [-0.05, 0) is 17.7 Å². The number of benzene rings is 2. The summed E-state index contributed by atoms with van der Waals surface area (Å²) in [6.45, 7) is -0.142. The lowest BCUT2D eigenvalue weighted by atomic mass is 9.95. The molecule has 4 rings (SSSR count). The van der Waals surface area contributed by atoms with Crippen LogP contribution in [0, 0.1) is 20.2 Å². The fourth-order valence-electron chi connectivity index (χ4n) is 3.69. The zero-order chi connectivity index (χ0) is 23.7. The molecule has 3 aromatic rings. The van der Waals surface area contributed by atoms with Gasteiger partial charge in [0.1, 0.15) is 11.5 Å². The van der Waals surface area contributed by atoms with E-state index in [2.05, 4.69) is 0 Å². The van der Waals surface area contributed by atoms with E-state index in [1.807, 2.05) is 0 Å². The Kier molecular flexibility index (Phi) is 5.44. The van der Waals surface area contributed by atoms with Gasteiger partial charge in [-0.25, -0.2) is 0 Å². The van der Waals surface area contributed by atoms with E-state index < -0.39 is 33.3 Å². The molecule has 2 heterocycles. The van der Waals surface area contributed by atoms with Gasteiger partial charge >= 0.3 is 0 Å². The van der Waals surface area contributed by atoms with E-state index in [1.165, 1.54) is 48.7 Å². The molecule has 0 saturated carbocycles. The molecular weight excluding hydrogens is 434 g/mol. The summed E-state index contributed by atoms with van der Waals surface area (Å²) in [6, 6.07) is 12.3. The Morgan fingerprint density at radius 2 is 1.64 bits per heavy atom. The van der Waals surface area contributed by atoms with Crippen molar-refractivity contribution in [3.63, 3.8) is 0 Å². The van der Waals surface area contributed by atoms with Crippen LogP contribution in [0.5, 0.6) is 0 Å². The molecule has 1 aliphatic heterocycles. The van der Waals surface area contributed by atoms with Crippen molar-refractivity contribution in [2.24, 2.45) is 0 Å². The molecule has 1 N–H and O–H groups in total. The molecule has 0 aliphatic carbocycles. The number of aliphatic hydroxyl groups excluding tert-OH is 1. The van der Waals surface area contributed by atoms with Crippen LogP contribution in [-0.4, -0.2) is 31.5 Å². The first-order chi connectivity index (χ1) is 15.8. The number of amides is 1. The summed E-state index contributed by atoms with van der Waals surface area (Å²) in [5.74, 6) is -2.25. The third-order valence-electron chi connectivity index (χ3n) is 5.17. The van der Waals surface area contributed by atoms with Crippen LogP contribution in [0.25, 0.3) is 5.76 Å². The molecule has 1 aromatic heterocycles. The van der Waals surface area contributed by atoms with E-state index in [9.17, 15) is 34.9 Å². The third-order valence-corrected chi connectivity index (χ3v) is 5.17. The molecule has 0 spiro atoms. The lowest BCUT2D eigenvalue weighted by Crippen LogP contribution is -2.29. The maximum atomic E-state index is 13.0. The maximum absolute atomic E-state index is 13.0. The lowest BCUT2D eigenvalue weighted by molar-refractivity contribution is -0.385. The summed E-state index contributed by atoms with van der Waals surface area (Å²) < 4.78 is 5.28. The smallest absolute Gasteiger partial charge is 0.296 e. The van der Waals surface area contributed by atoms with Crippen LogP contribution < -0.4 is 0 Å². The third kappa shape index (κ3) is 3.94. The largest absolute Gasteiger partial charge is 0.507 e. The lowest BCUT2D eigenvalue weighted by Gasteiger charge is -2.24. The van der Waals surface area contributed by atoms with Gasteiger partial charge in [-0.3, -0.25) is 29.8 Å². The molecule has 0 radical (unpaired) electrons. The highest BCUT2D eigenvalue weighted by molar-refractivity contribution is 6.46. The zero-order valence-electron chi connectivity index (χ0n) is 16.8. The molecule has 1 aliphatic rings. The summed E-state index contributed by atoms with van der Waals surface area (Å²) >= 11 is 0. The summed E-state index contributed by atoms with van der Waals surface area (Å²) in [6.07, 6.45) is 1.39. The molecule has 1 saturated heterocycles. The highest BCUT2D eigenvalue weighted by Gasteiger charge is 2.46. The number of ketones is 1. The van der Waals surface area contributed by atoms with Crippen molar-refractivity contribution in [3.05, 3.63) is 110 Å². The van der Waals surface area contributed by atoms with Gasteiger partial charge < -0.3 is 14.4 Å². The summed E-state index contributed by atoms with van der Waals surface area (Å²) in [4.78, 5) is 48.1. The average Bonchev–Trinajstić information content (AvgIpc) is 3.41. The van der Waals surface area contributed by atoms with Crippen LogP contribution in [0.2, 0.25) is 0 Å². The average molecular weight is 449 g/mol. The number of non-ortho nitro benzene ring substituents is 2. The molecule has 1 unspecified atom stereocenters. The number of nitro benzene ring substituents is 2. The van der Waals surface area contributed by atoms with Crippen LogP contribution in [0.15, 0.2) is 76.9 Å². The van der Waals surface area contributed by atoms with Crippen molar-refractivity contribution in [2.45, 2.75) is 12.6 Å². The first-order valence-electron chi connectivity index (χ1n) is 9.58. The van der Waals surface area contributed by atoms with Crippen molar-refractivity contribution >= 4 is 28.8 Å². The predicted molar refractivity (Wildman–Crippen MR) is 113 cm³/mol. The molecule has 1 atom stereocenters. The van der Waals surface area contributed by atoms with Crippen LogP contribution in [0.4, 0.5) is 11.4 Å². The highest BCUT2D eigenvalue weighted by atomic mass is 16.6. The van der Waals surface area contributed by atoms with E-state index in [1.54, 1.807) is 12.1 Å². The van der Waals surface area contributed by atoms with Crippen molar-refractivity contribution in [2.75, 3.05) is 0 Å². The molecule has 11 heteroatoms. The van der Waals surface area contributed by atoms with Gasteiger partial charge in [0, 0.05) is 29.8 Å². The van der Waals surface area contributed by atoms with Crippen LogP contribution in [0.3, 0.4) is 0 Å². The molecule has 0 bridgehead atoms. The van der Waals surface area contributed by atoms with Gasteiger partial charge in [-0.2, -0.15) is 0 Å². The number of hydrogen-bond donors (Lipinski definition) is 1. The van der Waals surface area contributed by atoms with Crippen molar-refractivity contribution in [1.82, 2.24) is 4.90 Å². The van der Waals surface area contributed by atoms with E-state index in [-0.39, 0.29) is 34.6 Å². The Bertz CT molecular complexity index is 1310. The number of carbonyl (C=O) groups is 2. The second kappa shape index (κ2) is 8.38. The Hall–Kier alpha value is -4.80. The standard InChI is InChI=1S/C22H15N3O8/c26-20(14-5-2-7-16(11-14)25(31)32)18-19(13-4-1-6-15(10-13)24(29)30)23(22(28)21(18)27)12-17-8-3-9-33-17/h1-11,19,26H,12H2/b20-18-. The minimum absolute atomic E-state index is 0.0457. The Morgan fingerprint density at radius 3 is 2.27 bits per heavy atom. The van der Waals surface area contributed by atoms with Gasteiger partial charge in [0.2, 0.25) is 0 Å². The monoisotopic (exact) mass is 449 g/mol. The molecular formula is C22H15N3O8. The van der Waals surface area contributed by atoms with Crippen molar-refractivity contribution in [3.8, 4) is 0 Å². The number of nitrogens with zero attached hydrogens (tertiary/aromatic N) is 3. The number of hydrogen-bond acceptors (Lipinski definition) is 8. The van der Waals surface area contributed by atoms with Crippen LogP contribution in [0.1, 0.15) is 22.9 Å². The SMILES string of the molecule is O=C1C(=O)N(Cc2ccco2)C(c2cccc([N+](=O)[O-])c2)/C1=C(/O)c1cccc([N+](=O)[O-])c1. The van der Waals surface area contributed by atoms with Gasteiger partial charge in [-0.15, -0.1) is 0 Å². The number of rotatable bonds is 6. The number of carbonyl (C=O) groups excluding carboxylic acids is 2. The Morgan fingerprint density at radius 1 is 0.970 bits per heavy atom. The molecule has 2 aromatic carbocycles. The molecule has 11 nitrogen and oxygen atoms in total. The Labute approximate surface area is 185 Å². The van der Waals surface area contributed by atoms with E-state index in [4.69, 9.17) is 4.42 Å². The molecule has 33 heavy (non-hydrogen) atoms. The van der Waals surface area contributed by atoms with Crippen molar-refractivity contribution < 1.29 is 29.0 Å². The van der Waals surface area contributed by atoms with Gasteiger partial charge in [0.25, 0.3) is 23.1 Å². The van der Waals surface area contributed by atoms with Gasteiger partial charge in [-0.1, -0.05) is 24.3 Å². The molecule has 166 valence electrons. The summed E-state index contributed by atoms with van der Waals surface area (Å²) in [5, 5.41) is 33.4. The Balaban J connectivity index is 1.91.